The Balaban J connectivity index is 2.00. The molecule has 0 spiro atoms. The van der Waals surface area contributed by atoms with Crippen molar-refractivity contribution in [2.45, 2.75) is 13.5 Å². The predicted octanol–water partition coefficient (Wildman–Crippen LogP) is 3.64. The van der Waals surface area contributed by atoms with Gasteiger partial charge in [-0.25, -0.2) is 4.98 Å². The van der Waals surface area contributed by atoms with Crippen molar-refractivity contribution in [3.63, 3.8) is 0 Å². The summed E-state index contributed by atoms with van der Waals surface area (Å²) >= 11 is 1.64. The molecule has 0 aliphatic carbocycles. The highest BCUT2D eigenvalue weighted by Crippen LogP contribution is 2.30. The third kappa shape index (κ3) is 2.48. The summed E-state index contributed by atoms with van der Waals surface area (Å²) in [4.78, 5) is 8.91. The second-order valence-corrected chi connectivity index (χ2v) is 5.49. The number of hydrogen-bond acceptors (Lipinski definition) is 4. The van der Waals surface area contributed by atoms with E-state index in [1.54, 1.807) is 17.5 Å². The molecule has 0 amide bonds. The summed E-state index contributed by atoms with van der Waals surface area (Å²) in [6.07, 6.45) is 3.67. The number of aryl methyl sites for hydroxylation is 1. The molecule has 2 aromatic heterocycles. The van der Waals surface area contributed by atoms with Crippen LogP contribution >= 0.6 is 11.3 Å². The van der Waals surface area contributed by atoms with Gasteiger partial charge in [-0.2, -0.15) is 0 Å². The van der Waals surface area contributed by atoms with Gasteiger partial charge >= 0.3 is 0 Å². The number of rotatable bonds is 3. The van der Waals surface area contributed by atoms with Gasteiger partial charge in [-0.3, -0.25) is 4.98 Å². The van der Waals surface area contributed by atoms with Gasteiger partial charge in [0.25, 0.3) is 0 Å². The Morgan fingerprint density at radius 2 is 2.15 bits per heavy atom. The lowest BCUT2D eigenvalue weighted by atomic mass is 10.1. The molecule has 3 rings (SSSR count). The molecule has 0 fully saturated rings. The van der Waals surface area contributed by atoms with Crippen LogP contribution in [0.15, 0.2) is 48.1 Å². The zero-order valence-corrected chi connectivity index (χ0v) is 12.0. The summed E-state index contributed by atoms with van der Waals surface area (Å²) < 4.78 is 0. The quantitative estimate of drug-likeness (QED) is 0.797. The Morgan fingerprint density at radius 1 is 1.25 bits per heavy atom. The Labute approximate surface area is 122 Å². The number of thiazole rings is 1. The van der Waals surface area contributed by atoms with Crippen LogP contribution in [0, 0.1) is 6.92 Å². The lowest BCUT2D eigenvalue weighted by molar-refractivity contribution is 1.07. The number of benzene rings is 1. The maximum Gasteiger partial charge on any atom is 0.125 e. The molecule has 2 heterocycles. The zero-order valence-electron chi connectivity index (χ0n) is 11.2. The Bertz CT molecular complexity index is 734. The maximum atomic E-state index is 5.69. The lowest BCUT2D eigenvalue weighted by Crippen LogP contribution is -1.95. The number of aromatic nitrogens is 2. The first-order valence-electron chi connectivity index (χ1n) is 6.44. The monoisotopic (exact) mass is 281 g/mol. The first-order chi connectivity index (χ1) is 9.78. The molecule has 1 aromatic carbocycles. The molecule has 20 heavy (non-hydrogen) atoms. The fourth-order valence-corrected chi connectivity index (χ4v) is 2.98. The molecule has 0 atom stereocenters. The Morgan fingerprint density at radius 3 is 2.95 bits per heavy atom. The van der Waals surface area contributed by atoms with Crippen LogP contribution in [0.3, 0.4) is 0 Å². The van der Waals surface area contributed by atoms with Crippen LogP contribution in [0.5, 0.6) is 0 Å². The van der Waals surface area contributed by atoms with Crippen molar-refractivity contribution < 1.29 is 0 Å². The van der Waals surface area contributed by atoms with E-state index in [2.05, 4.69) is 29.4 Å². The molecule has 100 valence electrons. The van der Waals surface area contributed by atoms with Crippen LogP contribution in [0.4, 0.5) is 0 Å². The van der Waals surface area contributed by atoms with Gasteiger partial charge in [0.1, 0.15) is 5.01 Å². The van der Waals surface area contributed by atoms with E-state index >= 15 is 0 Å². The third-order valence-corrected chi connectivity index (χ3v) is 4.11. The van der Waals surface area contributed by atoms with E-state index < -0.39 is 0 Å². The lowest BCUT2D eigenvalue weighted by Gasteiger charge is -2.01. The molecule has 0 aliphatic heterocycles. The van der Waals surface area contributed by atoms with Crippen LogP contribution in [0.2, 0.25) is 0 Å². The first-order valence-corrected chi connectivity index (χ1v) is 7.32. The largest absolute Gasteiger partial charge is 0.326 e. The van der Waals surface area contributed by atoms with Crippen molar-refractivity contribution >= 4 is 11.3 Å². The van der Waals surface area contributed by atoms with E-state index in [1.807, 2.05) is 24.4 Å². The molecule has 0 radical (unpaired) electrons. The zero-order chi connectivity index (χ0) is 13.9. The number of nitrogens with zero attached hydrogens (tertiary/aromatic N) is 2. The van der Waals surface area contributed by atoms with Crippen LogP contribution in [-0.2, 0) is 6.54 Å². The second-order valence-electron chi connectivity index (χ2n) is 4.63. The predicted molar refractivity (Wildman–Crippen MR) is 83.4 cm³/mol. The smallest absolute Gasteiger partial charge is 0.125 e. The topological polar surface area (TPSA) is 51.8 Å². The Kier molecular flexibility index (Phi) is 3.58. The van der Waals surface area contributed by atoms with Gasteiger partial charge in [-0.1, -0.05) is 18.2 Å². The minimum absolute atomic E-state index is 0.548. The fourth-order valence-electron chi connectivity index (χ4n) is 2.08. The average molecular weight is 281 g/mol. The number of hydrogen-bond donors (Lipinski definition) is 1. The first kappa shape index (κ1) is 13.0. The van der Waals surface area contributed by atoms with Gasteiger partial charge < -0.3 is 5.73 Å². The van der Waals surface area contributed by atoms with Crippen molar-refractivity contribution in [2.24, 2.45) is 5.73 Å². The normalized spacial score (nSPS) is 10.7. The summed E-state index contributed by atoms with van der Waals surface area (Å²) in [5.74, 6) is 0. The standard InChI is InChI=1S/C16H15N3S/c1-11-5-6-18-9-14(11)16-19-15(10-20-16)13-4-2-3-12(7-13)8-17/h2-7,9-10H,8,17H2,1H3. The fraction of sp³-hybridized carbons (Fsp3) is 0.125. The van der Waals surface area contributed by atoms with Crippen LogP contribution in [-0.4, -0.2) is 9.97 Å². The van der Waals surface area contributed by atoms with Crippen LogP contribution < -0.4 is 5.73 Å². The van der Waals surface area contributed by atoms with E-state index in [9.17, 15) is 0 Å². The Hall–Kier alpha value is -2.04. The molecule has 3 nitrogen and oxygen atoms in total. The number of pyridine rings is 1. The molecule has 0 bridgehead atoms. The van der Waals surface area contributed by atoms with Crippen LogP contribution in [0.1, 0.15) is 11.1 Å². The van der Waals surface area contributed by atoms with Gasteiger partial charge in [0.05, 0.1) is 5.69 Å². The minimum atomic E-state index is 0.548. The highest BCUT2D eigenvalue weighted by Gasteiger charge is 2.09. The average Bonchev–Trinajstić information content (AvgIpc) is 2.97. The van der Waals surface area contributed by atoms with E-state index in [0.717, 1.165) is 27.4 Å². The van der Waals surface area contributed by atoms with Crippen molar-refractivity contribution in [2.75, 3.05) is 0 Å². The number of nitrogens with two attached hydrogens (primary N) is 1. The molecule has 3 aromatic rings. The summed E-state index contributed by atoms with van der Waals surface area (Å²) in [5.41, 5.74) is 11.2. The summed E-state index contributed by atoms with van der Waals surface area (Å²) in [6, 6.07) is 10.2. The summed E-state index contributed by atoms with van der Waals surface area (Å²) in [6.45, 7) is 2.62. The maximum absolute atomic E-state index is 5.69. The van der Waals surface area contributed by atoms with Crippen molar-refractivity contribution in [3.8, 4) is 21.8 Å². The highest BCUT2D eigenvalue weighted by atomic mass is 32.1. The second kappa shape index (κ2) is 5.53. The summed E-state index contributed by atoms with van der Waals surface area (Å²) in [7, 11) is 0. The highest BCUT2D eigenvalue weighted by molar-refractivity contribution is 7.13. The molecule has 0 saturated carbocycles. The molecule has 4 heteroatoms. The molecule has 2 N–H and O–H groups in total. The van der Waals surface area contributed by atoms with E-state index in [4.69, 9.17) is 10.7 Å². The molecule has 0 unspecified atom stereocenters. The van der Waals surface area contributed by atoms with E-state index in [1.165, 1.54) is 5.56 Å². The van der Waals surface area contributed by atoms with Crippen molar-refractivity contribution in [3.05, 3.63) is 59.2 Å². The van der Waals surface area contributed by atoms with Gasteiger partial charge in [0, 0.05) is 35.4 Å². The molecular weight excluding hydrogens is 266 g/mol. The molecular formula is C16H15N3S. The minimum Gasteiger partial charge on any atom is -0.326 e. The van der Waals surface area contributed by atoms with Crippen molar-refractivity contribution in [1.29, 1.82) is 0 Å². The van der Waals surface area contributed by atoms with Crippen LogP contribution in [0.25, 0.3) is 21.8 Å². The van der Waals surface area contributed by atoms with Gasteiger partial charge in [-0.05, 0) is 30.2 Å². The molecule has 0 saturated heterocycles. The molecule has 0 aliphatic rings. The van der Waals surface area contributed by atoms with Gasteiger partial charge in [0.15, 0.2) is 0 Å². The van der Waals surface area contributed by atoms with Gasteiger partial charge in [0.2, 0.25) is 0 Å². The van der Waals surface area contributed by atoms with Gasteiger partial charge in [-0.15, -0.1) is 11.3 Å². The third-order valence-electron chi connectivity index (χ3n) is 3.23. The summed E-state index contributed by atoms with van der Waals surface area (Å²) in [5, 5.41) is 3.08. The van der Waals surface area contributed by atoms with E-state index in [0.29, 0.717) is 6.54 Å². The van der Waals surface area contributed by atoms with Crippen molar-refractivity contribution in [1.82, 2.24) is 9.97 Å². The van der Waals surface area contributed by atoms with E-state index in [-0.39, 0.29) is 0 Å². The SMILES string of the molecule is Cc1ccncc1-c1nc(-c2cccc(CN)c2)cs1.